The Hall–Kier alpha value is -1.55. The highest BCUT2D eigenvalue weighted by atomic mass is 15.3. The van der Waals surface area contributed by atoms with Crippen LogP contribution in [0.1, 0.15) is 49.0 Å². The molecule has 2 aromatic heterocycles. The Morgan fingerprint density at radius 2 is 2.19 bits per heavy atom. The molecule has 114 valence electrons. The molecule has 0 bridgehead atoms. The van der Waals surface area contributed by atoms with Gasteiger partial charge in [0.15, 0.2) is 0 Å². The van der Waals surface area contributed by atoms with Crippen molar-refractivity contribution in [3.63, 3.8) is 0 Å². The molecule has 2 N–H and O–H groups in total. The summed E-state index contributed by atoms with van der Waals surface area (Å²) in [5.41, 5.74) is 12.1. The van der Waals surface area contributed by atoms with Crippen molar-refractivity contribution in [1.82, 2.24) is 14.3 Å². The summed E-state index contributed by atoms with van der Waals surface area (Å²) in [6.07, 6.45) is 5.07. The third-order valence-corrected chi connectivity index (χ3v) is 4.78. The maximum Gasteiger partial charge on any atom is 0.0492 e. The maximum absolute atomic E-state index is 6.39. The quantitative estimate of drug-likeness (QED) is 0.943. The molecule has 0 amide bonds. The van der Waals surface area contributed by atoms with Gasteiger partial charge in [0.2, 0.25) is 0 Å². The van der Waals surface area contributed by atoms with Crippen molar-refractivity contribution >= 4 is 0 Å². The fourth-order valence-corrected chi connectivity index (χ4v) is 3.69. The molecule has 1 aliphatic carbocycles. The number of rotatable bonds is 3. The fourth-order valence-electron chi connectivity index (χ4n) is 3.69. The Balaban J connectivity index is 1.88. The molecule has 2 heterocycles. The zero-order chi connectivity index (χ0) is 15.2. The summed E-state index contributed by atoms with van der Waals surface area (Å²) in [6.45, 7) is 7.85. The lowest BCUT2D eigenvalue weighted by atomic mass is 9.74. The third kappa shape index (κ3) is 2.64. The number of aryl methyl sites for hydroxylation is 3. The first-order valence-corrected chi connectivity index (χ1v) is 7.79. The van der Waals surface area contributed by atoms with Gasteiger partial charge in [-0.25, -0.2) is 0 Å². The van der Waals surface area contributed by atoms with Crippen LogP contribution in [0.25, 0.3) is 0 Å². The van der Waals surface area contributed by atoms with E-state index in [1.807, 2.05) is 17.9 Å². The first kappa shape index (κ1) is 14.4. The van der Waals surface area contributed by atoms with Crippen LogP contribution in [-0.4, -0.2) is 14.3 Å². The summed E-state index contributed by atoms with van der Waals surface area (Å²) in [7, 11) is 2.01. The summed E-state index contributed by atoms with van der Waals surface area (Å²) in [5, 5.41) is 4.25. The number of fused-ring (bicyclic) bond motifs is 1. The molecule has 0 radical (unpaired) electrons. The van der Waals surface area contributed by atoms with Crippen molar-refractivity contribution in [1.29, 1.82) is 0 Å². The second-order valence-electron chi connectivity index (χ2n) is 7.19. The van der Waals surface area contributed by atoms with Crippen LogP contribution in [-0.2, 0) is 26.4 Å². The largest absolute Gasteiger partial charge is 0.348 e. The summed E-state index contributed by atoms with van der Waals surface area (Å²) in [4.78, 5) is 0. The van der Waals surface area contributed by atoms with Gasteiger partial charge in [-0.05, 0) is 42.9 Å². The molecule has 1 atom stereocenters. The number of nitrogens with two attached hydrogens (primary N) is 1. The highest BCUT2D eigenvalue weighted by Gasteiger charge is 2.33. The van der Waals surface area contributed by atoms with E-state index in [1.54, 1.807) is 0 Å². The summed E-state index contributed by atoms with van der Waals surface area (Å²) < 4.78 is 4.42. The highest BCUT2D eigenvalue weighted by molar-refractivity contribution is 5.34. The van der Waals surface area contributed by atoms with E-state index in [2.05, 4.69) is 42.6 Å². The smallest absolute Gasteiger partial charge is 0.0492 e. The zero-order valence-electron chi connectivity index (χ0n) is 13.6. The molecule has 0 saturated heterocycles. The van der Waals surface area contributed by atoms with Gasteiger partial charge in [-0.1, -0.05) is 13.8 Å². The molecule has 4 nitrogen and oxygen atoms in total. The van der Waals surface area contributed by atoms with Crippen LogP contribution in [0.3, 0.4) is 0 Å². The van der Waals surface area contributed by atoms with E-state index in [9.17, 15) is 0 Å². The Kier molecular flexibility index (Phi) is 3.44. The average Bonchev–Trinajstić information content (AvgIpc) is 2.90. The molecule has 0 fully saturated rings. The molecule has 1 aliphatic rings. The van der Waals surface area contributed by atoms with E-state index >= 15 is 0 Å². The van der Waals surface area contributed by atoms with E-state index in [1.165, 1.54) is 22.6 Å². The van der Waals surface area contributed by atoms with Crippen LogP contribution >= 0.6 is 0 Å². The predicted octanol–water partition coefficient (Wildman–Crippen LogP) is 2.74. The summed E-state index contributed by atoms with van der Waals surface area (Å²) in [6, 6.07) is 4.57. The maximum atomic E-state index is 6.39. The molecule has 0 aliphatic heterocycles. The van der Waals surface area contributed by atoms with Gasteiger partial charge < -0.3 is 10.3 Å². The lowest BCUT2D eigenvalue weighted by Crippen LogP contribution is -2.30. The van der Waals surface area contributed by atoms with Crippen molar-refractivity contribution in [2.24, 2.45) is 18.2 Å². The number of hydrogen-bond donors (Lipinski definition) is 1. The Bertz CT molecular complexity index is 648. The molecule has 0 aromatic carbocycles. The molecule has 0 spiro atoms. The number of nitrogens with zero attached hydrogens (tertiary/aromatic N) is 3. The van der Waals surface area contributed by atoms with Gasteiger partial charge in [-0.2, -0.15) is 5.10 Å². The van der Waals surface area contributed by atoms with Crippen LogP contribution in [0, 0.1) is 12.3 Å². The first-order valence-electron chi connectivity index (χ1n) is 7.79. The van der Waals surface area contributed by atoms with Gasteiger partial charge in [-0.3, -0.25) is 4.68 Å². The van der Waals surface area contributed by atoms with Gasteiger partial charge in [0.1, 0.15) is 0 Å². The van der Waals surface area contributed by atoms with Crippen molar-refractivity contribution in [3.05, 3.63) is 41.0 Å². The van der Waals surface area contributed by atoms with Crippen LogP contribution in [0.2, 0.25) is 0 Å². The predicted molar refractivity (Wildman–Crippen MR) is 85.1 cm³/mol. The molecule has 3 rings (SSSR count). The van der Waals surface area contributed by atoms with Gasteiger partial charge in [0.25, 0.3) is 0 Å². The molecule has 4 heteroatoms. The Morgan fingerprint density at radius 1 is 1.43 bits per heavy atom. The van der Waals surface area contributed by atoms with Gasteiger partial charge in [-0.15, -0.1) is 0 Å². The topological polar surface area (TPSA) is 48.8 Å². The number of hydrogen-bond acceptors (Lipinski definition) is 2. The second-order valence-corrected chi connectivity index (χ2v) is 7.19. The molecule has 0 saturated carbocycles. The Morgan fingerprint density at radius 3 is 2.86 bits per heavy atom. The summed E-state index contributed by atoms with van der Waals surface area (Å²) in [5.74, 6) is 0. The highest BCUT2D eigenvalue weighted by Crippen LogP contribution is 2.40. The zero-order valence-corrected chi connectivity index (χ0v) is 13.6. The number of aromatic nitrogens is 3. The van der Waals surface area contributed by atoms with Gasteiger partial charge in [0, 0.05) is 49.3 Å². The molecule has 1 unspecified atom stereocenters. The van der Waals surface area contributed by atoms with Crippen molar-refractivity contribution in [3.8, 4) is 0 Å². The summed E-state index contributed by atoms with van der Waals surface area (Å²) >= 11 is 0. The lowest BCUT2D eigenvalue weighted by molar-refractivity contribution is 0.275. The van der Waals surface area contributed by atoms with E-state index < -0.39 is 0 Å². The normalized spacial score (nSPS) is 20.5. The van der Waals surface area contributed by atoms with Crippen LogP contribution in [0.4, 0.5) is 0 Å². The molecule has 2 aromatic rings. The SMILES string of the molecule is Cc1cc2c(n1CCc1ccnn1C)CC(C)(C)CC2N. The third-order valence-electron chi connectivity index (χ3n) is 4.78. The second kappa shape index (κ2) is 5.02. The lowest BCUT2D eigenvalue weighted by Gasteiger charge is -2.34. The fraction of sp³-hybridized carbons (Fsp3) is 0.588. The minimum absolute atomic E-state index is 0.181. The van der Waals surface area contributed by atoms with E-state index in [-0.39, 0.29) is 6.04 Å². The monoisotopic (exact) mass is 286 g/mol. The average molecular weight is 286 g/mol. The van der Waals surface area contributed by atoms with E-state index in [4.69, 9.17) is 5.73 Å². The molecular formula is C17H26N4. The van der Waals surface area contributed by atoms with Crippen LogP contribution in [0.5, 0.6) is 0 Å². The van der Waals surface area contributed by atoms with Gasteiger partial charge >= 0.3 is 0 Å². The minimum Gasteiger partial charge on any atom is -0.348 e. The van der Waals surface area contributed by atoms with E-state index in [0.29, 0.717) is 5.41 Å². The minimum atomic E-state index is 0.181. The molecular weight excluding hydrogens is 260 g/mol. The van der Waals surface area contributed by atoms with E-state index in [0.717, 1.165) is 25.8 Å². The Labute approximate surface area is 126 Å². The van der Waals surface area contributed by atoms with Crippen LogP contribution in [0.15, 0.2) is 18.3 Å². The van der Waals surface area contributed by atoms with Crippen LogP contribution < -0.4 is 5.73 Å². The van der Waals surface area contributed by atoms with Crippen molar-refractivity contribution < 1.29 is 0 Å². The van der Waals surface area contributed by atoms with Gasteiger partial charge in [0.05, 0.1) is 0 Å². The van der Waals surface area contributed by atoms with Crippen molar-refractivity contribution in [2.75, 3.05) is 0 Å². The standard InChI is InChI=1S/C17H26N4/c1-12-9-14-15(18)10-17(2,3)11-16(14)21(12)8-6-13-5-7-19-20(13)4/h5,7,9,15H,6,8,10-11,18H2,1-4H3. The molecule has 21 heavy (non-hydrogen) atoms. The van der Waals surface area contributed by atoms with Crippen molar-refractivity contribution in [2.45, 2.75) is 52.6 Å². The first-order chi connectivity index (χ1) is 9.87.